The predicted molar refractivity (Wildman–Crippen MR) is 74.6 cm³/mol. The van der Waals surface area contributed by atoms with Crippen LogP contribution in [0.15, 0.2) is 24.2 Å². The van der Waals surface area contributed by atoms with Gasteiger partial charge >= 0.3 is 28.0 Å². The molecule has 9 heteroatoms. The Bertz CT molecular complexity index is 600. The van der Waals surface area contributed by atoms with Gasteiger partial charge in [-0.3, -0.25) is 0 Å². The van der Waals surface area contributed by atoms with Gasteiger partial charge in [0, 0.05) is 19.4 Å². The Balaban J connectivity index is 2.49. The van der Waals surface area contributed by atoms with Crippen LogP contribution in [0.3, 0.4) is 0 Å². The minimum absolute atomic E-state index is 0.0302. The van der Waals surface area contributed by atoms with Gasteiger partial charge in [-0.05, 0) is 13.3 Å². The van der Waals surface area contributed by atoms with Crippen molar-refractivity contribution in [3.63, 3.8) is 0 Å². The molecular formula is C13H18O8S. The zero-order chi connectivity index (χ0) is 17.0. The summed E-state index contributed by atoms with van der Waals surface area (Å²) in [4.78, 5) is 22.4. The van der Waals surface area contributed by atoms with Crippen molar-refractivity contribution in [2.75, 3.05) is 12.4 Å². The van der Waals surface area contributed by atoms with Crippen LogP contribution in [0, 0.1) is 0 Å². The van der Waals surface area contributed by atoms with Crippen molar-refractivity contribution in [1.29, 1.82) is 0 Å². The van der Waals surface area contributed by atoms with Crippen LogP contribution in [-0.2, 0) is 38.1 Å². The average molecular weight is 334 g/mol. The van der Waals surface area contributed by atoms with Crippen LogP contribution >= 0.6 is 0 Å². The maximum atomic E-state index is 11.7. The summed E-state index contributed by atoms with van der Waals surface area (Å²) in [7, 11) is -3.99. The van der Waals surface area contributed by atoms with Crippen molar-refractivity contribution >= 4 is 22.1 Å². The summed E-state index contributed by atoms with van der Waals surface area (Å²) in [5, 5.41) is 0. The molecule has 0 spiro atoms. The highest BCUT2D eigenvalue weighted by Crippen LogP contribution is 2.23. The number of cyclic esters (lactones) is 1. The summed E-state index contributed by atoms with van der Waals surface area (Å²) in [6, 6.07) is 0. The second kappa shape index (κ2) is 6.82. The van der Waals surface area contributed by atoms with E-state index in [2.05, 4.69) is 6.58 Å². The molecule has 0 atom stereocenters. The molecule has 0 radical (unpaired) electrons. The van der Waals surface area contributed by atoms with Gasteiger partial charge in [0.05, 0.1) is 12.4 Å². The molecule has 0 fully saturated rings. The van der Waals surface area contributed by atoms with Gasteiger partial charge in [-0.15, -0.1) is 0 Å². The van der Waals surface area contributed by atoms with Gasteiger partial charge in [-0.2, -0.15) is 8.42 Å². The highest BCUT2D eigenvalue weighted by atomic mass is 32.2. The van der Waals surface area contributed by atoms with E-state index in [-0.39, 0.29) is 18.6 Å². The van der Waals surface area contributed by atoms with Crippen LogP contribution < -0.4 is 0 Å². The molecule has 0 aromatic heterocycles. The zero-order valence-corrected chi connectivity index (χ0v) is 13.4. The molecule has 8 nitrogen and oxygen atoms in total. The summed E-state index contributed by atoms with van der Waals surface area (Å²) in [5.41, 5.74) is 0.223. The maximum absolute atomic E-state index is 11.7. The first-order chi connectivity index (χ1) is 10.0. The van der Waals surface area contributed by atoms with Gasteiger partial charge in [0.15, 0.2) is 0 Å². The highest BCUT2D eigenvalue weighted by molar-refractivity contribution is 7.86. The van der Waals surface area contributed by atoms with Crippen LogP contribution in [0.25, 0.3) is 0 Å². The van der Waals surface area contributed by atoms with Gasteiger partial charge in [-0.1, -0.05) is 6.58 Å². The molecule has 0 aliphatic carbocycles. The molecule has 1 rings (SSSR count). The molecule has 0 aromatic carbocycles. The second-order valence-corrected chi connectivity index (χ2v) is 6.69. The summed E-state index contributed by atoms with van der Waals surface area (Å²) in [5.74, 6) is -3.54. The molecule has 1 aliphatic heterocycles. The van der Waals surface area contributed by atoms with E-state index in [4.69, 9.17) is 18.4 Å². The Morgan fingerprint density at radius 1 is 1.36 bits per heavy atom. The largest absolute Gasteiger partial charge is 0.462 e. The minimum atomic E-state index is -3.99. The van der Waals surface area contributed by atoms with E-state index < -0.39 is 39.5 Å². The van der Waals surface area contributed by atoms with E-state index in [9.17, 15) is 18.0 Å². The molecule has 0 bridgehead atoms. The molecule has 22 heavy (non-hydrogen) atoms. The molecular weight excluding hydrogens is 316 g/mol. The number of rotatable bonds is 7. The number of carbonyl (C=O) groups excluding carboxylic acids is 2. The predicted octanol–water partition coefficient (Wildman–Crippen LogP) is 0.993. The van der Waals surface area contributed by atoms with E-state index >= 15 is 0 Å². The summed E-state index contributed by atoms with van der Waals surface area (Å²) in [6.45, 7) is 7.65. The van der Waals surface area contributed by atoms with Gasteiger partial charge < -0.3 is 18.4 Å². The number of hydrogen-bond donors (Lipinski definition) is 0. The van der Waals surface area contributed by atoms with Crippen molar-refractivity contribution in [2.24, 2.45) is 0 Å². The Morgan fingerprint density at radius 3 is 2.55 bits per heavy atom. The summed E-state index contributed by atoms with van der Waals surface area (Å²) in [6.07, 6.45) is 0.826. The topological polar surface area (TPSA) is 105 Å². The highest BCUT2D eigenvalue weighted by Gasteiger charge is 2.33. The van der Waals surface area contributed by atoms with E-state index in [0.717, 1.165) is 6.08 Å². The van der Waals surface area contributed by atoms with Gasteiger partial charge in [-0.25, -0.2) is 9.59 Å². The van der Waals surface area contributed by atoms with Crippen LogP contribution in [0.4, 0.5) is 0 Å². The van der Waals surface area contributed by atoms with Crippen LogP contribution in [0.1, 0.15) is 27.2 Å². The molecule has 124 valence electrons. The molecule has 0 aromatic rings. The molecule has 0 saturated heterocycles. The summed E-state index contributed by atoms with van der Waals surface area (Å²) >= 11 is 0. The first-order valence-corrected chi connectivity index (χ1v) is 7.97. The van der Waals surface area contributed by atoms with E-state index in [1.807, 2.05) is 0 Å². The monoisotopic (exact) mass is 334 g/mol. The minimum Gasteiger partial charge on any atom is -0.462 e. The molecule has 0 N–H and O–H groups in total. The molecule has 1 heterocycles. The zero-order valence-electron chi connectivity index (χ0n) is 12.6. The lowest BCUT2D eigenvalue weighted by Gasteiger charge is -2.29. The van der Waals surface area contributed by atoms with Crippen molar-refractivity contribution in [1.82, 2.24) is 0 Å². The Morgan fingerprint density at radius 2 is 2.00 bits per heavy atom. The van der Waals surface area contributed by atoms with Gasteiger partial charge in [0.25, 0.3) is 5.79 Å². The molecule has 1 aliphatic rings. The quantitative estimate of drug-likeness (QED) is 0.294. The fourth-order valence-corrected chi connectivity index (χ4v) is 2.28. The second-order valence-electron chi connectivity index (χ2n) is 5.00. The lowest BCUT2D eigenvalue weighted by Crippen LogP contribution is -2.35. The van der Waals surface area contributed by atoms with Crippen LogP contribution in [-0.4, -0.2) is 38.5 Å². The van der Waals surface area contributed by atoms with E-state index in [1.165, 1.54) is 20.8 Å². The third kappa shape index (κ3) is 6.17. The standard InChI is InChI=1S/C13H18O8S/c1-9(2)12(15)18-6-5-7-22(16,17)21-11-8-10(14)19-13(3,4)20-11/h8H,1,5-7H2,2-4H3. The Kier molecular flexibility index (Phi) is 5.59. The van der Waals surface area contributed by atoms with Crippen molar-refractivity contribution < 1.29 is 36.4 Å². The van der Waals surface area contributed by atoms with Crippen molar-refractivity contribution in [3.05, 3.63) is 24.2 Å². The van der Waals surface area contributed by atoms with Crippen LogP contribution in [0.5, 0.6) is 0 Å². The molecule has 0 unspecified atom stereocenters. The maximum Gasteiger partial charge on any atom is 0.341 e. The third-order valence-electron chi connectivity index (χ3n) is 2.26. The van der Waals surface area contributed by atoms with Crippen molar-refractivity contribution in [2.45, 2.75) is 33.0 Å². The normalized spacial score (nSPS) is 16.9. The lowest BCUT2D eigenvalue weighted by atomic mass is 10.3. The summed E-state index contributed by atoms with van der Waals surface area (Å²) < 4.78 is 42.8. The first kappa shape index (κ1) is 18.0. The Hall–Kier alpha value is -2.03. The van der Waals surface area contributed by atoms with Crippen LogP contribution in [0.2, 0.25) is 0 Å². The third-order valence-corrected chi connectivity index (χ3v) is 3.46. The number of ether oxygens (including phenoxy) is 3. The fraction of sp³-hybridized carbons (Fsp3) is 0.538. The van der Waals surface area contributed by atoms with Gasteiger partial charge in [0.1, 0.15) is 6.08 Å². The SMILES string of the molecule is C=C(C)C(=O)OCCCS(=O)(=O)OC1=CC(=O)OC(C)(C)O1. The first-order valence-electron chi connectivity index (χ1n) is 6.39. The number of esters is 2. The Labute approximate surface area is 128 Å². The number of carbonyl (C=O) groups is 2. The fourth-order valence-electron chi connectivity index (χ4n) is 1.39. The lowest BCUT2D eigenvalue weighted by molar-refractivity contribution is -0.216. The number of hydrogen-bond acceptors (Lipinski definition) is 8. The smallest absolute Gasteiger partial charge is 0.341 e. The molecule has 0 amide bonds. The molecule has 0 saturated carbocycles. The van der Waals surface area contributed by atoms with Crippen molar-refractivity contribution in [3.8, 4) is 0 Å². The van der Waals surface area contributed by atoms with E-state index in [1.54, 1.807) is 0 Å². The average Bonchev–Trinajstić information content (AvgIpc) is 2.30. The van der Waals surface area contributed by atoms with Gasteiger partial charge in [0.2, 0.25) is 0 Å². The van der Waals surface area contributed by atoms with E-state index in [0.29, 0.717) is 0 Å².